The van der Waals surface area contributed by atoms with E-state index in [0.717, 1.165) is 16.8 Å². The number of benzene rings is 1. The van der Waals surface area contributed by atoms with Gasteiger partial charge in [-0.05, 0) is 49.8 Å². The second-order valence-electron chi connectivity index (χ2n) is 5.90. The van der Waals surface area contributed by atoms with Crippen molar-refractivity contribution in [2.45, 2.75) is 39.2 Å². The summed E-state index contributed by atoms with van der Waals surface area (Å²) in [5.41, 5.74) is 4.47. The Hall–Kier alpha value is -1.06. The number of aryl methyl sites for hydroxylation is 2. The van der Waals surface area contributed by atoms with Gasteiger partial charge in [-0.1, -0.05) is 18.2 Å². The number of carbonyl (C=O) groups is 1. The first kappa shape index (κ1) is 17.3. The Morgan fingerprint density at radius 1 is 1.18 bits per heavy atom. The summed E-state index contributed by atoms with van der Waals surface area (Å²) >= 11 is 0. The van der Waals surface area contributed by atoms with Gasteiger partial charge in [0.15, 0.2) is 12.4 Å². The average molecular weight is 370 g/mol. The number of hydrogen-bond donors (Lipinski definition) is 1. The van der Waals surface area contributed by atoms with Gasteiger partial charge >= 0.3 is 0 Å². The van der Waals surface area contributed by atoms with Gasteiger partial charge in [-0.25, -0.2) is 0 Å². The van der Waals surface area contributed by atoms with Crippen LogP contribution in [0.15, 0.2) is 42.7 Å². The van der Waals surface area contributed by atoms with Crippen molar-refractivity contribution in [2.24, 2.45) is 0 Å². The van der Waals surface area contributed by atoms with Crippen LogP contribution in [0.3, 0.4) is 0 Å². The van der Waals surface area contributed by atoms with E-state index >= 15 is 0 Å². The molecule has 1 aromatic heterocycles. The normalized spacial score (nSPS) is 13.4. The number of nitrogens with zero attached hydrogens (tertiary/aromatic N) is 1. The van der Waals surface area contributed by atoms with Gasteiger partial charge in [0.1, 0.15) is 0 Å². The van der Waals surface area contributed by atoms with Gasteiger partial charge in [0.05, 0.1) is 0 Å². The van der Waals surface area contributed by atoms with Gasteiger partial charge in [-0.3, -0.25) is 4.79 Å². The van der Waals surface area contributed by atoms with E-state index in [1.54, 1.807) is 0 Å². The fourth-order valence-corrected chi connectivity index (χ4v) is 2.66. The third kappa shape index (κ3) is 4.24. The molecule has 0 bridgehead atoms. The molecule has 1 radical (unpaired) electrons. The van der Waals surface area contributed by atoms with Crippen molar-refractivity contribution >= 4 is 11.6 Å². The van der Waals surface area contributed by atoms with E-state index in [2.05, 4.69) is 17.6 Å². The minimum Gasteiger partial charge on any atom is -0.320 e. The second kappa shape index (κ2) is 7.47. The Balaban J connectivity index is 0.00000176. The number of pyridine rings is 1. The number of amides is 1. The van der Waals surface area contributed by atoms with E-state index < -0.39 is 0 Å². The molecule has 0 unspecified atom stereocenters. The number of anilines is 1. The molecule has 0 aliphatic heterocycles. The van der Waals surface area contributed by atoms with Crippen molar-refractivity contribution in [1.29, 1.82) is 0 Å². The monoisotopic (exact) mass is 370 g/mol. The molecule has 111 valence electrons. The number of carbonyl (C=O) groups excluding carboxylic acids is 1. The standard InChI is InChI=1S/C18H20N2O.Y/c1-13-5-3-6-14(2)18(13)19-17(21)12-20-10-4-7-16(11-20)15-8-9-15;/h3-7,10-11,15H,8-9,12H2,1-2H3;/p+1. The van der Waals surface area contributed by atoms with Crippen molar-refractivity contribution in [2.75, 3.05) is 5.32 Å². The van der Waals surface area contributed by atoms with Crippen molar-refractivity contribution < 1.29 is 42.1 Å². The molecule has 2 aromatic rings. The number of nitrogens with one attached hydrogen (secondary N) is 1. The molecular formula is C18H21N2OY+. The summed E-state index contributed by atoms with van der Waals surface area (Å²) in [6.45, 7) is 4.39. The van der Waals surface area contributed by atoms with E-state index in [0.29, 0.717) is 12.5 Å². The fourth-order valence-electron chi connectivity index (χ4n) is 2.66. The summed E-state index contributed by atoms with van der Waals surface area (Å²) < 4.78 is 1.97. The quantitative estimate of drug-likeness (QED) is 0.825. The minimum absolute atomic E-state index is 0. The number of rotatable bonds is 4. The third-order valence-corrected chi connectivity index (χ3v) is 4.00. The zero-order valence-electron chi connectivity index (χ0n) is 13.2. The maximum Gasteiger partial charge on any atom is 0.290 e. The van der Waals surface area contributed by atoms with E-state index in [4.69, 9.17) is 0 Å². The zero-order chi connectivity index (χ0) is 14.8. The van der Waals surface area contributed by atoms with Gasteiger partial charge in [0.2, 0.25) is 6.54 Å². The Morgan fingerprint density at radius 2 is 1.86 bits per heavy atom. The molecule has 1 N–H and O–H groups in total. The number of para-hydroxylation sites is 1. The van der Waals surface area contributed by atoms with E-state index in [9.17, 15) is 4.79 Å². The van der Waals surface area contributed by atoms with Gasteiger partial charge in [-0.15, -0.1) is 0 Å². The maximum atomic E-state index is 12.3. The summed E-state index contributed by atoms with van der Waals surface area (Å²) in [6, 6.07) is 10.2. The van der Waals surface area contributed by atoms with Crippen LogP contribution in [0.1, 0.15) is 35.4 Å². The number of aromatic nitrogens is 1. The molecular weight excluding hydrogens is 349 g/mol. The Morgan fingerprint density at radius 3 is 2.50 bits per heavy atom. The van der Waals surface area contributed by atoms with Crippen LogP contribution in [0, 0.1) is 13.8 Å². The van der Waals surface area contributed by atoms with Crippen LogP contribution in [0.2, 0.25) is 0 Å². The summed E-state index contributed by atoms with van der Waals surface area (Å²) in [7, 11) is 0. The van der Waals surface area contributed by atoms with E-state index in [-0.39, 0.29) is 38.6 Å². The molecule has 1 saturated carbocycles. The first-order valence-corrected chi connectivity index (χ1v) is 7.48. The molecule has 1 aliphatic rings. The van der Waals surface area contributed by atoms with Crippen molar-refractivity contribution in [3.05, 3.63) is 59.4 Å². The SMILES string of the molecule is Cc1cccc(C)c1NC(=O)C[n+]1cccc(C2CC2)c1.[Y]. The molecule has 0 saturated heterocycles. The topological polar surface area (TPSA) is 33.0 Å². The Bertz CT molecular complexity index is 660. The van der Waals surface area contributed by atoms with E-state index in [1.807, 2.05) is 48.9 Å². The largest absolute Gasteiger partial charge is 0.320 e. The van der Waals surface area contributed by atoms with Crippen LogP contribution in [0.4, 0.5) is 5.69 Å². The summed E-state index contributed by atoms with van der Waals surface area (Å²) in [6.07, 6.45) is 6.61. The molecule has 0 spiro atoms. The van der Waals surface area contributed by atoms with Gasteiger partial charge in [0.25, 0.3) is 5.91 Å². The van der Waals surface area contributed by atoms with Crippen LogP contribution in [-0.2, 0) is 44.0 Å². The van der Waals surface area contributed by atoms with Crippen LogP contribution < -0.4 is 9.88 Å². The molecule has 1 aliphatic carbocycles. The molecule has 1 aromatic carbocycles. The van der Waals surface area contributed by atoms with Crippen molar-refractivity contribution in [3.8, 4) is 0 Å². The first-order chi connectivity index (χ1) is 10.1. The molecule has 0 atom stereocenters. The second-order valence-corrected chi connectivity index (χ2v) is 5.90. The molecule has 3 nitrogen and oxygen atoms in total. The Kier molecular flexibility index (Phi) is 5.88. The molecule has 22 heavy (non-hydrogen) atoms. The molecule has 1 fully saturated rings. The summed E-state index contributed by atoms with van der Waals surface area (Å²) in [4.78, 5) is 12.3. The van der Waals surface area contributed by atoms with Crippen LogP contribution in [-0.4, -0.2) is 5.91 Å². The predicted octanol–water partition coefficient (Wildman–Crippen LogP) is 3.10. The van der Waals surface area contributed by atoms with Gasteiger partial charge in [-0.2, -0.15) is 4.57 Å². The van der Waals surface area contributed by atoms with Crippen molar-refractivity contribution in [1.82, 2.24) is 0 Å². The van der Waals surface area contributed by atoms with Gasteiger partial charge < -0.3 is 5.32 Å². The maximum absolute atomic E-state index is 12.3. The summed E-state index contributed by atoms with van der Waals surface area (Å²) in [5, 5.41) is 3.03. The smallest absolute Gasteiger partial charge is 0.290 e. The van der Waals surface area contributed by atoms with E-state index in [1.165, 1.54) is 18.4 Å². The predicted molar refractivity (Wildman–Crippen MR) is 83.2 cm³/mol. The van der Waals surface area contributed by atoms with Gasteiger partial charge in [0, 0.05) is 50.0 Å². The van der Waals surface area contributed by atoms with Crippen molar-refractivity contribution in [3.63, 3.8) is 0 Å². The zero-order valence-corrected chi connectivity index (χ0v) is 16.0. The molecule has 4 heteroatoms. The Labute approximate surface area is 157 Å². The van der Waals surface area contributed by atoms with Crippen LogP contribution in [0.25, 0.3) is 0 Å². The average Bonchev–Trinajstić information content (AvgIpc) is 3.28. The third-order valence-electron chi connectivity index (χ3n) is 4.00. The molecule has 1 heterocycles. The molecule has 3 rings (SSSR count). The first-order valence-electron chi connectivity index (χ1n) is 7.48. The summed E-state index contributed by atoms with van der Waals surface area (Å²) in [5.74, 6) is 0.726. The molecule has 1 amide bonds. The van der Waals surface area contributed by atoms with Crippen LogP contribution in [0.5, 0.6) is 0 Å². The fraction of sp³-hybridized carbons (Fsp3) is 0.333. The minimum atomic E-state index is 0. The van der Waals surface area contributed by atoms with Crippen LogP contribution >= 0.6 is 0 Å². The number of hydrogen-bond acceptors (Lipinski definition) is 1.